The fraction of sp³-hybridized carbons (Fsp3) is 0.400. The van der Waals surface area contributed by atoms with Gasteiger partial charge in [-0.3, -0.25) is 0 Å². The summed E-state index contributed by atoms with van der Waals surface area (Å²) in [5, 5.41) is 5.50. The second-order valence-electron chi connectivity index (χ2n) is 3.58. The van der Waals surface area contributed by atoms with Crippen molar-refractivity contribution in [2.24, 2.45) is 5.14 Å². The Kier molecular flexibility index (Phi) is 4.18. The maximum Gasteiger partial charge on any atom is 0.212 e. The van der Waals surface area contributed by atoms with Gasteiger partial charge < -0.3 is 4.74 Å². The third-order valence-corrected chi connectivity index (χ3v) is 2.99. The van der Waals surface area contributed by atoms with Crippen molar-refractivity contribution in [3.05, 3.63) is 28.3 Å². The number of halogens is 1. The van der Waals surface area contributed by atoms with Crippen LogP contribution in [0.25, 0.3) is 0 Å². The first-order valence-corrected chi connectivity index (χ1v) is 6.79. The molecule has 0 atom stereocenters. The Bertz CT molecular complexity index is 462. The lowest BCUT2D eigenvalue weighted by Crippen LogP contribution is -2.21. The quantitative estimate of drug-likeness (QED) is 0.898. The second kappa shape index (κ2) is 5.03. The van der Waals surface area contributed by atoms with Gasteiger partial charge in [0.15, 0.2) is 0 Å². The lowest BCUT2D eigenvalue weighted by Gasteiger charge is -2.11. The van der Waals surface area contributed by atoms with Gasteiger partial charge in [0.1, 0.15) is 12.4 Å². The van der Waals surface area contributed by atoms with Gasteiger partial charge in [-0.2, -0.15) is 0 Å². The fourth-order valence-corrected chi connectivity index (χ4v) is 2.03. The highest BCUT2D eigenvalue weighted by Gasteiger charge is 2.08. The molecule has 0 aliphatic rings. The number of primary sulfonamides is 1. The summed E-state index contributed by atoms with van der Waals surface area (Å²) in [4.78, 5) is 0. The van der Waals surface area contributed by atoms with Gasteiger partial charge in [-0.15, -0.1) is 0 Å². The largest absolute Gasteiger partial charge is 0.492 e. The molecule has 0 unspecified atom stereocenters. The summed E-state index contributed by atoms with van der Waals surface area (Å²) in [7, 11) is -3.48. The van der Waals surface area contributed by atoms with Crippen LogP contribution in [0, 0.1) is 13.8 Å². The van der Waals surface area contributed by atoms with Crippen molar-refractivity contribution in [2.75, 3.05) is 12.4 Å². The molecule has 6 heteroatoms. The molecule has 0 saturated heterocycles. The molecule has 16 heavy (non-hydrogen) atoms. The summed E-state index contributed by atoms with van der Waals surface area (Å²) in [6.45, 7) is 3.75. The third-order valence-electron chi connectivity index (χ3n) is 2.04. The average Bonchev–Trinajstić information content (AvgIpc) is 2.07. The minimum atomic E-state index is -3.48. The Morgan fingerprint density at radius 1 is 1.31 bits per heavy atom. The number of rotatable bonds is 4. The predicted octanol–water partition coefficient (Wildman–Crippen LogP) is 1.62. The second-order valence-corrected chi connectivity index (χ2v) is 5.75. The van der Waals surface area contributed by atoms with Crippen molar-refractivity contribution in [2.45, 2.75) is 13.8 Å². The molecule has 0 bridgehead atoms. The van der Waals surface area contributed by atoms with Crippen molar-refractivity contribution in [3.8, 4) is 5.75 Å². The van der Waals surface area contributed by atoms with Gasteiger partial charge in [-0.1, -0.05) is 11.6 Å². The molecule has 90 valence electrons. The first-order chi connectivity index (χ1) is 7.29. The normalized spacial score (nSPS) is 11.5. The van der Waals surface area contributed by atoms with E-state index >= 15 is 0 Å². The SMILES string of the molecule is Cc1cc(Cl)cc(C)c1OCCS(N)(=O)=O. The molecule has 1 aromatic rings. The molecule has 0 spiro atoms. The lowest BCUT2D eigenvalue weighted by atomic mass is 10.1. The van der Waals surface area contributed by atoms with Gasteiger partial charge in [0.05, 0.1) is 5.75 Å². The molecule has 4 nitrogen and oxygen atoms in total. The van der Waals surface area contributed by atoms with Gasteiger partial charge in [-0.25, -0.2) is 13.6 Å². The summed E-state index contributed by atoms with van der Waals surface area (Å²) in [6, 6.07) is 3.53. The van der Waals surface area contributed by atoms with Gasteiger partial charge in [0.2, 0.25) is 10.0 Å². The van der Waals surface area contributed by atoms with Crippen LogP contribution in [0.5, 0.6) is 5.75 Å². The van der Waals surface area contributed by atoms with E-state index in [1.807, 2.05) is 13.8 Å². The van der Waals surface area contributed by atoms with Crippen LogP contribution in [0.1, 0.15) is 11.1 Å². The molecule has 2 N–H and O–H groups in total. The van der Waals surface area contributed by atoms with E-state index in [0.29, 0.717) is 10.8 Å². The van der Waals surface area contributed by atoms with Gasteiger partial charge in [0.25, 0.3) is 0 Å². The maximum absolute atomic E-state index is 10.7. The molecular formula is C10H14ClNO3S. The van der Waals surface area contributed by atoms with Crippen molar-refractivity contribution in [3.63, 3.8) is 0 Å². The molecule has 0 heterocycles. The van der Waals surface area contributed by atoms with Crippen LogP contribution in [0.2, 0.25) is 5.02 Å². The number of benzene rings is 1. The van der Waals surface area contributed by atoms with E-state index in [0.717, 1.165) is 11.1 Å². The summed E-state index contributed by atoms with van der Waals surface area (Å²) >= 11 is 5.86. The number of hydrogen-bond donors (Lipinski definition) is 1. The number of ether oxygens (including phenoxy) is 1. The Morgan fingerprint density at radius 2 is 1.81 bits per heavy atom. The summed E-state index contributed by atoms with van der Waals surface area (Å²) in [5.74, 6) is 0.460. The number of aryl methyl sites for hydroxylation is 2. The lowest BCUT2D eigenvalue weighted by molar-refractivity contribution is 0.336. The van der Waals surface area contributed by atoms with Crippen LogP contribution >= 0.6 is 11.6 Å². The molecule has 0 radical (unpaired) electrons. The topological polar surface area (TPSA) is 69.4 Å². The van der Waals surface area contributed by atoms with Crippen LogP contribution in [0.15, 0.2) is 12.1 Å². The summed E-state index contributed by atoms with van der Waals surface area (Å²) in [6.07, 6.45) is 0. The summed E-state index contributed by atoms with van der Waals surface area (Å²) < 4.78 is 26.8. The minimum absolute atomic E-state index is 0.0438. The molecule has 0 aliphatic carbocycles. The predicted molar refractivity (Wildman–Crippen MR) is 64.4 cm³/mol. The Balaban J connectivity index is 2.75. The van der Waals surface area contributed by atoms with Crippen molar-refractivity contribution < 1.29 is 13.2 Å². The summed E-state index contributed by atoms with van der Waals surface area (Å²) in [5.41, 5.74) is 1.75. The number of sulfonamides is 1. The molecule has 1 rings (SSSR count). The smallest absolute Gasteiger partial charge is 0.212 e. The van der Waals surface area contributed by atoms with Crippen molar-refractivity contribution in [1.82, 2.24) is 0 Å². The van der Waals surface area contributed by atoms with Gasteiger partial charge in [-0.05, 0) is 37.1 Å². The molecule has 1 aromatic carbocycles. The van der Waals surface area contributed by atoms with E-state index in [9.17, 15) is 8.42 Å². The van der Waals surface area contributed by atoms with Crippen molar-refractivity contribution in [1.29, 1.82) is 0 Å². The molecular weight excluding hydrogens is 250 g/mol. The highest BCUT2D eigenvalue weighted by molar-refractivity contribution is 7.89. The standard InChI is InChI=1S/C10H14ClNO3S/c1-7-5-9(11)6-8(2)10(7)15-3-4-16(12,13)14/h5-6H,3-4H2,1-2H3,(H2,12,13,14). The molecule has 0 aliphatic heterocycles. The van der Waals surface area contributed by atoms with E-state index in [1.54, 1.807) is 12.1 Å². The van der Waals surface area contributed by atoms with E-state index in [2.05, 4.69) is 0 Å². The molecule has 0 fully saturated rings. The van der Waals surface area contributed by atoms with Crippen LogP contribution in [0.4, 0.5) is 0 Å². The van der Waals surface area contributed by atoms with E-state index in [1.165, 1.54) is 0 Å². The van der Waals surface area contributed by atoms with E-state index in [-0.39, 0.29) is 12.4 Å². The van der Waals surface area contributed by atoms with Crippen LogP contribution in [0.3, 0.4) is 0 Å². The zero-order valence-electron chi connectivity index (χ0n) is 9.16. The van der Waals surface area contributed by atoms with Crippen LogP contribution < -0.4 is 9.88 Å². The van der Waals surface area contributed by atoms with Crippen LogP contribution in [-0.2, 0) is 10.0 Å². The first-order valence-electron chi connectivity index (χ1n) is 4.69. The van der Waals surface area contributed by atoms with Gasteiger partial charge >= 0.3 is 0 Å². The minimum Gasteiger partial charge on any atom is -0.492 e. The van der Waals surface area contributed by atoms with Crippen molar-refractivity contribution >= 4 is 21.6 Å². The Morgan fingerprint density at radius 3 is 2.25 bits per heavy atom. The monoisotopic (exact) mass is 263 g/mol. The molecule has 0 saturated carbocycles. The van der Waals surface area contributed by atoms with E-state index in [4.69, 9.17) is 21.5 Å². The van der Waals surface area contributed by atoms with Gasteiger partial charge in [0, 0.05) is 5.02 Å². The van der Waals surface area contributed by atoms with Crippen LogP contribution in [-0.4, -0.2) is 20.8 Å². The average molecular weight is 264 g/mol. The number of hydrogen-bond acceptors (Lipinski definition) is 3. The Hall–Kier alpha value is -0.780. The van der Waals surface area contributed by atoms with E-state index < -0.39 is 10.0 Å². The fourth-order valence-electron chi connectivity index (χ4n) is 1.38. The Labute approximate surface area is 100 Å². The highest BCUT2D eigenvalue weighted by Crippen LogP contribution is 2.26. The maximum atomic E-state index is 10.7. The molecule has 0 amide bonds. The third kappa shape index (κ3) is 4.00. The molecule has 0 aromatic heterocycles. The zero-order chi connectivity index (χ0) is 12.3. The number of nitrogens with two attached hydrogens (primary N) is 1. The first kappa shape index (κ1) is 13.3. The highest BCUT2D eigenvalue weighted by atomic mass is 35.5. The zero-order valence-corrected chi connectivity index (χ0v) is 10.7.